The third-order valence-corrected chi connectivity index (χ3v) is 6.76. The van der Waals surface area contributed by atoms with Crippen LogP contribution in [0.1, 0.15) is 23.6 Å². The molecule has 0 atom stereocenters. The Bertz CT molecular complexity index is 1740. The molecule has 2 amide bonds. The molecule has 2 aromatic carbocycles. The van der Waals surface area contributed by atoms with Gasteiger partial charge >= 0.3 is 0 Å². The van der Waals surface area contributed by atoms with Crippen LogP contribution in [0.4, 0.5) is 0 Å². The smallest absolute Gasteiger partial charge is 0.271 e. The summed E-state index contributed by atoms with van der Waals surface area (Å²) in [4.78, 5) is 32.1. The lowest BCUT2D eigenvalue weighted by atomic mass is 9.93. The van der Waals surface area contributed by atoms with Crippen molar-refractivity contribution in [1.29, 1.82) is 5.26 Å². The summed E-state index contributed by atoms with van der Waals surface area (Å²) in [6, 6.07) is 20.9. The van der Waals surface area contributed by atoms with Crippen molar-refractivity contribution in [3.05, 3.63) is 125 Å². The SMILES string of the molecule is C=CCOc1ccc(-c2nn(-c3ccccc3)cc2/C=C2/C(=O)N(Cc3cccnc3)C(=O)C(C#N)=C2C)cc1C. The maximum absolute atomic E-state index is 13.8. The molecule has 0 saturated carbocycles. The molecule has 0 unspecified atom stereocenters. The van der Waals surface area contributed by atoms with Crippen LogP contribution in [-0.2, 0) is 16.1 Å². The highest BCUT2D eigenvalue weighted by molar-refractivity contribution is 6.19. The van der Waals surface area contributed by atoms with Gasteiger partial charge in [0.05, 0.1) is 17.9 Å². The second-order valence-electron chi connectivity index (χ2n) is 9.52. The molecule has 202 valence electrons. The lowest BCUT2D eigenvalue weighted by molar-refractivity contribution is -0.141. The predicted molar refractivity (Wildman–Crippen MR) is 156 cm³/mol. The van der Waals surface area contributed by atoms with Crippen LogP contribution < -0.4 is 4.74 Å². The normalized spacial score (nSPS) is 14.4. The largest absolute Gasteiger partial charge is 0.489 e. The Balaban J connectivity index is 1.64. The van der Waals surface area contributed by atoms with Crippen molar-refractivity contribution in [1.82, 2.24) is 19.7 Å². The van der Waals surface area contributed by atoms with E-state index < -0.39 is 11.8 Å². The number of amides is 2. The number of pyridine rings is 1. The van der Waals surface area contributed by atoms with Gasteiger partial charge in [-0.05, 0) is 73.0 Å². The number of aryl methyl sites for hydroxylation is 1. The van der Waals surface area contributed by atoms with Gasteiger partial charge in [-0.25, -0.2) is 4.68 Å². The van der Waals surface area contributed by atoms with E-state index >= 15 is 0 Å². The number of nitriles is 1. The second kappa shape index (κ2) is 11.7. The van der Waals surface area contributed by atoms with E-state index in [4.69, 9.17) is 9.84 Å². The highest BCUT2D eigenvalue weighted by Crippen LogP contribution is 2.33. The zero-order chi connectivity index (χ0) is 28.9. The maximum Gasteiger partial charge on any atom is 0.271 e. The molecule has 0 fully saturated rings. The number of para-hydroxylation sites is 1. The monoisotopic (exact) mass is 541 g/mol. The molecular formula is C33H27N5O3. The van der Waals surface area contributed by atoms with Gasteiger partial charge in [-0.3, -0.25) is 19.5 Å². The minimum Gasteiger partial charge on any atom is -0.489 e. The molecule has 1 aliphatic heterocycles. The summed E-state index contributed by atoms with van der Waals surface area (Å²) in [7, 11) is 0. The minimum absolute atomic E-state index is 0.00278. The molecule has 41 heavy (non-hydrogen) atoms. The fraction of sp³-hybridized carbons (Fsp3) is 0.121. The Morgan fingerprint density at radius 2 is 1.85 bits per heavy atom. The maximum atomic E-state index is 13.8. The summed E-state index contributed by atoms with van der Waals surface area (Å²) in [6.45, 7) is 7.67. The third-order valence-electron chi connectivity index (χ3n) is 6.76. The number of carbonyl (C=O) groups excluding carboxylic acids is 2. The molecule has 3 heterocycles. The zero-order valence-electron chi connectivity index (χ0n) is 22.7. The molecule has 0 aliphatic carbocycles. The van der Waals surface area contributed by atoms with E-state index in [9.17, 15) is 14.9 Å². The number of carbonyl (C=O) groups is 2. The van der Waals surface area contributed by atoms with Crippen molar-refractivity contribution in [3.63, 3.8) is 0 Å². The second-order valence-corrected chi connectivity index (χ2v) is 9.52. The molecule has 0 radical (unpaired) electrons. The molecule has 1 aliphatic rings. The van der Waals surface area contributed by atoms with Crippen molar-refractivity contribution in [2.45, 2.75) is 20.4 Å². The number of ether oxygens (including phenoxy) is 1. The van der Waals surface area contributed by atoms with E-state index in [0.717, 1.165) is 27.5 Å². The Hall–Kier alpha value is -5.55. The van der Waals surface area contributed by atoms with Crippen molar-refractivity contribution in [2.24, 2.45) is 0 Å². The molecular weight excluding hydrogens is 514 g/mol. The molecule has 0 saturated heterocycles. The van der Waals surface area contributed by atoms with Gasteiger partial charge in [0.15, 0.2) is 0 Å². The number of aromatic nitrogens is 3. The number of imide groups is 1. The van der Waals surface area contributed by atoms with Gasteiger partial charge in [0, 0.05) is 35.3 Å². The van der Waals surface area contributed by atoms with Crippen molar-refractivity contribution >= 4 is 17.9 Å². The van der Waals surface area contributed by atoms with Gasteiger partial charge in [-0.1, -0.05) is 36.9 Å². The number of hydrogen-bond acceptors (Lipinski definition) is 6. The number of hydrogen-bond donors (Lipinski definition) is 0. The van der Waals surface area contributed by atoms with Crippen LogP contribution >= 0.6 is 0 Å². The van der Waals surface area contributed by atoms with Gasteiger partial charge in [-0.2, -0.15) is 10.4 Å². The fourth-order valence-electron chi connectivity index (χ4n) is 4.64. The van der Waals surface area contributed by atoms with Crippen molar-refractivity contribution in [2.75, 3.05) is 6.61 Å². The molecule has 2 aromatic heterocycles. The van der Waals surface area contributed by atoms with Gasteiger partial charge in [0.2, 0.25) is 0 Å². The van der Waals surface area contributed by atoms with Crippen LogP contribution in [-0.4, -0.2) is 38.1 Å². The Kier molecular flexibility index (Phi) is 7.70. The highest BCUT2D eigenvalue weighted by Gasteiger charge is 2.35. The highest BCUT2D eigenvalue weighted by atomic mass is 16.5. The van der Waals surface area contributed by atoms with E-state index in [0.29, 0.717) is 29.0 Å². The first-order valence-corrected chi connectivity index (χ1v) is 13.0. The molecule has 8 heteroatoms. The molecule has 0 spiro atoms. The van der Waals surface area contributed by atoms with E-state index in [1.54, 1.807) is 48.3 Å². The van der Waals surface area contributed by atoms with Crippen LogP contribution in [0.15, 0.2) is 109 Å². The first kappa shape index (κ1) is 27.0. The summed E-state index contributed by atoms with van der Waals surface area (Å²) in [5.41, 5.74) is 5.06. The van der Waals surface area contributed by atoms with Gasteiger partial charge in [0.25, 0.3) is 11.8 Å². The van der Waals surface area contributed by atoms with E-state index in [-0.39, 0.29) is 17.7 Å². The quantitative estimate of drug-likeness (QED) is 0.164. The first-order chi connectivity index (χ1) is 19.9. The lowest BCUT2D eigenvalue weighted by Gasteiger charge is -2.27. The standard InChI is InChI=1S/C33H27N5O3/c1-4-15-41-30-13-12-25(16-22(30)2)31-26(21-38(36-31)27-10-6-5-7-11-27)17-28-23(3)29(18-34)33(40)37(32(28)39)20-24-9-8-14-35-19-24/h4-14,16-17,19,21H,1,15,20H2,2-3H3/b28-17+. The average Bonchev–Trinajstić information content (AvgIpc) is 3.42. The Labute approximate surface area is 238 Å². The summed E-state index contributed by atoms with van der Waals surface area (Å²) < 4.78 is 7.49. The van der Waals surface area contributed by atoms with Crippen LogP contribution in [0.5, 0.6) is 5.75 Å². The Morgan fingerprint density at radius 3 is 2.54 bits per heavy atom. The van der Waals surface area contributed by atoms with E-state index in [1.165, 1.54) is 0 Å². The molecule has 8 nitrogen and oxygen atoms in total. The molecule has 0 bridgehead atoms. The molecule has 0 N–H and O–H groups in total. The van der Waals surface area contributed by atoms with Gasteiger partial charge in [0.1, 0.15) is 24.0 Å². The summed E-state index contributed by atoms with van der Waals surface area (Å²) in [5, 5.41) is 14.7. The fourth-order valence-corrected chi connectivity index (χ4v) is 4.64. The van der Waals surface area contributed by atoms with E-state index in [1.807, 2.05) is 67.7 Å². The average molecular weight is 542 g/mol. The lowest BCUT2D eigenvalue weighted by Crippen LogP contribution is -2.42. The summed E-state index contributed by atoms with van der Waals surface area (Å²) >= 11 is 0. The number of rotatable bonds is 8. The minimum atomic E-state index is -0.623. The van der Waals surface area contributed by atoms with Gasteiger partial charge in [-0.15, -0.1) is 0 Å². The zero-order valence-corrected chi connectivity index (χ0v) is 22.7. The van der Waals surface area contributed by atoms with Crippen LogP contribution in [0, 0.1) is 18.3 Å². The van der Waals surface area contributed by atoms with Gasteiger partial charge < -0.3 is 4.74 Å². The summed E-state index contributed by atoms with van der Waals surface area (Å²) in [5.74, 6) is -0.374. The summed E-state index contributed by atoms with van der Waals surface area (Å²) in [6.07, 6.45) is 8.44. The number of nitrogens with zero attached hydrogens (tertiary/aromatic N) is 5. The number of benzene rings is 2. The van der Waals surface area contributed by atoms with Crippen LogP contribution in [0.2, 0.25) is 0 Å². The van der Waals surface area contributed by atoms with Crippen molar-refractivity contribution in [3.8, 4) is 28.8 Å². The first-order valence-electron chi connectivity index (χ1n) is 13.0. The Morgan fingerprint density at radius 1 is 1.05 bits per heavy atom. The third kappa shape index (κ3) is 5.47. The topological polar surface area (TPSA) is 101 Å². The van der Waals surface area contributed by atoms with E-state index in [2.05, 4.69) is 11.6 Å². The van der Waals surface area contributed by atoms with Crippen molar-refractivity contribution < 1.29 is 14.3 Å². The predicted octanol–water partition coefficient (Wildman–Crippen LogP) is 5.60. The molecule has 4 aromatic rings. The van der Waals surface area contributed by atoms with Crippen LogP contribution in [0.3, 0.4) is 0 Å². The molecule has 5 rings (SSSR count). The van der Waals surface area contributed by atoms with Crippen LogP contribution in [0.25, 0.3) is 23.0 Å².